The molecule has 2 aromatic carbocycles. The molecule has 2 aromatic rings. The van der Waals surface area contributed by atoms with Crippen molar-refractivity contribution in [3.8, 4) is 0 Å². The average molecular weight is 394 g/mol. The molecule has 0 aromatic heterocycles. The first-order valence-corrected chi connectivity index (χ1v) is 11.7. The van der Waals surface area contributed by atoms with Crippen molar-refractivity contribution in [2.45, 2.75) is 37.9 Å². The van der Waals surface area contributed by atoms with Crippen LogP contribution in [0.3, 0.4) is 0 Å². The van der Waals surface area contributed by atoms with Crippen molar-refractivity contribution >= 4 is 26.0 Å². The van der Waals surface area contributed by atoms with Crippen molar-refractivity contribution in [1.29, 1.82) is 0 Å². The molecular weight excluding hydrogens is 368 g/mol. The summed E-state index contributed by atoms with van der Waals surface area (Å²) in [6.45, 7) is 5.23. The maximum Gasteiger partial charge on any atom is 0.269 e. The van der Waals surface area contributed by atoms with Crippen molar-refractivity contribution in [2.75, 3.05) is 6.54 Å². The standard InChI is InChI=1S/C22H25N2O3Si/c1-3-28(4-2)21-14-19(17-8-6-5-7-9-17)15-23(16-21)22(25)18-10-12-20(13-11-18)24(26)27/h5-13,15,21H,3-4,14,16H2,1-2H3/t21-/m1/s1. The molecule has 5 nitrogen and oxygen atoms in total. The molecule has 28 heavy (non-hydrogen) atoms. The smallest absolute Gasteiger partial charge is 0.269 e. The number of nitro groups is 1. The van der Waals surface area contributed by atoms with Crippen molar-refractivity contribution in [3.63, 3.8) is 0 Å². The number of hydrogen-bond donors (Lipinski definition) is 0. The third-order valence-corrected chi connectivity index (χ3v) is 8.77. The Morgan fingerprint density at radius 2 is 1.75 bits per heavy atom. The van der Waals surface area contributed by atoms with Gasteiger partial charge in [0.25, 0.3) is 11.6 Å². The number of benzene rings is 2. The average Bonchev–Trinajstić information content (AvgIpc) is 2.74. The first kappa shape index (κ1) is 20.0. The van der Waals surface area contributed by atoms with Gasteiger partial charge in [-0.3, -0.25) is 14.9 Å². The minimum Gasteiger partial charge on any atom is -0.315 e. The fourth-order valence-electron chi connectivity index (χ4n) is 3.84. The van der Waals surface area contributed by atoms with Crippen LogP contribution in [0.25, 0.3) is 5.57 Å². The highest BCUT2D eigenvalue weighted by Gasteiger charge is 2.30. The van der Waals surface area contributed by atoms with Crippen LogP contribution < -0.4 is 0 Å². The van der Waals surface area contributed by atoms with Gasteiger partial charge in [0.05, 0.1) is 13.7 Å². The Labute approximate surface area is 167 Å². The van der Waals surface area contributed by atoms with E-state index < -0.39 is 13.7 Å². The van der Waals surface area contributed by atoms with Crippen LogP contribution in [0.4, 0.5) is 5.69 Å². The van der Waals surface area contributed by atoms with Crippen LogP contribution in [-0.4, -0.2) is 31.1 Å². The number of hydrogen-bond acceptors (Lipinski definition) is 3. The molecule has 0 spiro atoms. The van der Waals surface area contributed by atoms with E-state index in [1.807, 2.05) is 29.3 Å². The third kappa shape index (κ3) is 4.39. The molecule has 1 aliphatic heterocycles. The van der Waals surface area contributed by atoms with Gasteiger partial charge in [-0.1, -0.05) is 56.3 Å². The zero-order chi connectivity index (χ0) is 20.1. The lowest BCUT2D eigenvalue weighted by atomic mass is 9.98. The van der Waals surface area contributed by atoms with Gasteiger partial charge in [0.15, 0.2) is 0 Å². The van der Waals surface area contributed by atoms with E-state index in [2.05, 4.69) is 26.0 Å². The first-order valence-electron chi connectivity index (χ1n) is 9.69. The van der Waals surface area contributed by atoms with E-state index in [1.165, 1.54) is 29.8 Å². The Morgan fingerprint density at radius 3 is 2.32 bits per heavy atom. The molecule has 145 valence electrons. The lowest BCUT2D eigenvalue weighted by molar-refractivity contribution is -0.384. The summed E-state index contributed by atoms with van der Waals surface area (Å²) in [5.74, 6) is -0.0958. The Bertz CT molecular complexity index is 861. The molecule has 3 rings (SSSR count). The van der Waals surface area contributed by atoms with E-state index >= 15 is 0 Å². The quantitative estimate of drug-likeness (QED) is 0.376. The third-order valence-electron chi connectivity index (χ3n) is 5.41. The maximum atomic E-state index is 13.1. The van der Waals surface area contributed by atoms with E-state index in [0.717, 1.165) is 18.5 Å². The van der Waals surface area contributed by atoms with Crippen LogP contribution >= 0.6 is 0 Å². The largest absolute Gasteiger partial charge is 0.315 e. The highest BCUT2D eigenvalue weighted by molar-refractivity contribution is 6.60. The number of nitro benzene ring substituents is 1. The number of nitrogens with zero attached hydrogens (tertiary/aromatic N) is 2. The number of carbonyl (C=O) groups excluding carboxylic acids is 1. The van der Waals surface area contributed by atoms with E-state index in [9.17, 15) is 14.9 Å². The van der Waals surface area contributed by atoms with Crippen LogP contribution in [-0.2, 0) is 0 Å². The second-order valence-electron chi connectivity index (χ2n) is 7.05. The molecule has 0 fully saturated rings. The minimum atomic E-state index is -0.552. The summed E-state index contributed by atoms with van der Waals surface area (Å²) in [6.07, 6.45) is 2.98. The highest BCUT2D eigenvalue weighted by Crippen LogP contribution is 2.36. The molecule has 0 unspecified atom stereocenters. The predicted octanol–water partition coefficient (Wildman–Crippen LogP) is 5.39. The van der Waals surface area contributed by atoms with Crippen LogP contribution in [0, 0.1) is 10.1 Å². The van der Waals surface area contributed by atoms with Gasteiger partial charge in [0, 0.05) is 30.4 Å². The Balaban J connectivity index is 1.92. The number of carbonyl (C=O) groups is 1. The summed E-state index contributed by atoms with van der Waals surface area (Å²) in [4.78, 5) is 25.4. The SMILES string of the molecule is CC[Si](CC)[C@@H]1CC(c2ccccc2)=CN(C(=O)c2ccc([N+](=O)[O-])cc2)C1. The lowest BCUT2D eigenvalue weighted by Crippen LogP contribution is -2.37. The van der Waals surface area contributed by atoms with E-state index in [1.54, 1.807) is 12.1 Å². The number of rotatable bonds is 6. The number of non-ortho nitro benzene ring substituents is 1. The Hall–Kier alpha value is -2.73. The molecule has 1 atom stereocenters. The summed E-state index contributed by atoms with van der Waals surface area (Å²) < 4.78 is 0. The molecule has 0 bridgehead atoms. The van der Waals surface area contributed by atoms with Crippen molar-refractivity contribution < 1.29 is 9.72 Å². The molecule has 0 saturated heterocycles. The van der Waals surface area contributed by atoms with Gasteiger partial charge >= 0.3 is 0 Å². The van der Waals surface area contributed by atoms with Gasteiger partial charge in [0.2, 0.25) is 0 Å². The van der Waals surface area contributed by atoms with Gasteiger partial charge in [-0.2, -0.15) is 0 Å². The zero-order valence-electron chi connectivity index (χ0n) is 16.3. The Kier molecular flexibility index (Phi) is 6.41. The first-order chi connectivity index (χ1) is 13.5. The van der Waals surface area contributed by atoms with Crippen molar-refractivity contribution in [2.24, 2.45) is 0 Å². The monoisotopic (exact) mass is 393 g/mol. The fourth-order valence-corrected chi connectivity index (χ4v) is 6.46. The van der Waals surface area contributed by atoms with E-state index in [4.69, 9.17) is 0 Å². The second kappa shape index (κ2) is 8.97. The van der Waals surface area contributed by atoms with Gasteiger partial charge in [0.1, 0.15) is 0 Å². The van der Waals surface area contributed by atoms with Crippen molar-refractivity contribution in [1.82, 2.24) is 4.90 Å². The maximum absolute atomic E-state index is 13.1. The molecule has 0 saturated carbocycles. The molecule has 0 aliphatic carbocycles. The van der Waals surface area contributed by atoms with Gasteiger partial charge in [-0.15, -0.1) is 0 Å². The fraction of sp³-hybridized carbons (Fsp3) is 0.318. The molecule has 1 aliphatic rings. The van der Waals surface area contributed by atoms with E-state index in [-0.39, 0.29) is 11.6 Å². The summed E-state index contributed by atoms with van der Waals surface area (Å²) in [5, 5.41) is 10.9. The lowest BCUT2D eigenvalue weighted by Gasteiger charge is -2.35. The summed E-state index contributed by atoms with van der Waals surface area (Å²) >= 11 is 0. The molecule has 1 radical (unpaired) electrons. The highest BCUT2D eigenvalue weighted by atomic mass is 28.3. The van der Waals surface area contributed by atoms with E-state index in [0.29, 0.717) is 11.1 Å². The molecule has 1 amide bonds. The van der Waals surface area contributed by atoms with Gasteiger partial charge in [-0.05, 0) is 35.2 Å². The minimum absolute atomic E-state index is 0.00366. The second-order valence-corrected chi connectivity index (χ2v) is 10.6. The number of allylic oxidation sites excluding steroid dienone is 1. The number of amides is 1. The van der Waals surface area contributed by atoms with Crippen LogP contribution in [0.5, 0.6) is 0 Å². The Morgan fingerprint density at radius 1 is 1.11 bits per heavy atom. The van der Waals surface area contributed by atoms with Crippen LogP contribution in [0.15, 0.2) is 60.8 Å². The molecule has 1 heterocycles. The van der Waals surface area contributed by atoms with Crippen molar-refractivity contribution in [3.05, 3.63) is 82.0 Å². The summed E-state index contributed by atoms with van der Waals surface area (Å²) in [5.41, 5.74) is 3.33. The van der Waals surface area contributed by atoms with Gasteiger partial charge in [-0.25, -0.2) is 0 Å². The predicted molar refractivity (Wildman–Crippen MR) is 114 cm³/mol. The summed E-state index contributed by atoms with van der Waals surface area (Å²) in [6, 6.07) is 18.5. The molecular formula is C22H25N2O3Si. The normalized spacial score (nSPS) is 16.8. The van der Waals surface area contributed by atoms with Crippen LogP contribution in [0.2, 0.25) is 17.6 Å². The van der Waals surface area contributed by atoms with Crippen LogP contribution in [0.1, 0.15) is 36.2 Å². The van der Waals surface area contributed by atoms with Gasteiger partial charge < -0.3 is 4.90 Å². The summed E-state index contributed by atoms with van der Waals surface area (Å²) in [7, 11) is -0.552. The topological polar surface area (TPSA) is 63.5 Å². The molecule has 6 heteroatoms. The molecule has 0 N–H and O–H groups in total. The zero-order valence-corrected chi connectivity index (χ0v) is 17.3.